The molecular weight excluding hydrogens is 212 g/mol. The van der Waals surface area contributed by atoms with Crippen molar-refractivity contribution < 1.29 is 4.43 Å². The van der Waals surface area contributed by atoms with E-state index in [2.05, 4.69) is 40.5 Å². The third-order valence-electron chi connectivity index (χ3n) is 3.49. The number of rotatable bonds is 9. The van der Waals surface area contributed by atoms with Gasteiger partial charge in [0, 0.05) is 6.42 Å². The molecule has 0 spiro atoms. The van der Waals surface area contributed by atoms with Crippen molar-refractivity contribution in [3.8, 4) is 0 Å². The van der Waals surface area contributed by atoms with Crippen LogP contribution in [0.4, 0.5) is 0 Å². The van der Waals surface area contributed by atoms with Crippen LogP contribution in [0.1, 0.15) is 27.2 Å². The summed E-state index contributed by atoms with van der Waals surface area (Å²) >= 11 is 0. The quantitative estimate of drug-likeness (QED) is 0.418. The van der Waals surface area contributed by atoms with Crippen molar-refractivity contribution in [1.82, 2.24) is 0 Å². The van der Waals surface area contributed by atoms with E-state index >= 15 is 0 Å². The molecule has 0 N–H and O–H groups in total. The van der Waals surface area contributed by atoms with E-state index in [0.29, 0.717) is 0 Å². The smallest absolute Gasteiger partial charge is 0.193 e. The predicted molar refractivity (Wildman–Crippen MR) is 76.2 cm³/mol. The highest BCUT2D eigenvalue weighted by Gasteiger charge is 2.36. The molecule has 0 fully saturated rings. The summed E-state index contributed by atoms with van der Waals surface area (Å²) in [6, 6.07) is 3.42. The van der Waals surface area contributed by atoms with Crippen molar-refractivity contribution in [2.24, 2.45) is 0 Å². The Kier molecular flexibility index (Phi) is 6.61. The van der Waals surface area contributed by atoms with E-state index in [0.717, 1.165) is 24.6 Å². The molecule has 0 rings (SSSR count). The highest BCUT2D eigenvalue weighted by Crippen LogP contribution is 2.31. The first-order valence-corrected chi connectivity index (χ1v) is 8.68. The fraction of sp³-hybridized carbons (Fsp3) is 0.571. The minimum atomic E-state index is -1.62. The van der Waals surface area contributed by atoms with Crippen molar-refractivity contribution in [3.05, 3.63) is 38.0 Å². The van der Waals surface area contributed by atoms with Gasteiger partial charge in [-0.3, -0.25) is 0 Å². The molecule has 0 aliphatic rings. The maximum absolute atomic E-state index is 6.44. The molecule has 0 aliphatic carbocycles. The lowest BCUT2D eigenvalue weighted by molar-refractivity contribution is 0.160. The average Bonchev–Trinajstić information content (AvgIpc) is 2.35. The summed E-state index contributed by atoms with van der Waals surface area (Å²) in [7, 11) is -1.62. The molecule has 0 aromatic rings. The van der Waals surface area contributed by atoms with Crippen LogP contribution < -0.4 is 0 Å². The Morgan fingerprint density at radius 3 is 1.69 bits per heavy atom. The molecule has 2 heteroatoms. The lowest BCUT2D eigenvalue weighted by Crippen LogP contribution is -2.45. The molecule has 0 amide bonds. The lowest BCUT2D eigenvalue weighted by Gasteiger charge is -2.38. The second-order valence-electron chi connectivity index (χ2n) is 4.20. The Morgan fingerprint density at radius 1 is 1.00 bits per heavy atom. The van der Waals surface area contributed by atoms with Crippen molar-refractivity contribution >= 4 is 8.32 Å². The fourth-order valence-corrected chi connectivity index (χ4v) is 4.96. The number of hydrogen-bond acceptors (Lipinski definition) is 1. The van der Waals surface area contributed by atoms with Gasteiger partial charge in [-0.15, -0.1) is 6.58 Å². The third-order valence-corrected chi connectivity index (χ3v) is 8.17. The molecule has 0 bridgehead atoms. The second kappa shape index (κ2) is 6.87. The summed E-state index contributed by atoms with van der Waals surface area (Å²) in [5.74, 6) is 0. The van der Waals surface area contributed by atoms with E-state index in [1.165, 1.54) is 0 Å². The van der Waals surface area contributed by atoms with E-state index in [1.807, 2.05) is 18.2 Å². The Balaban J connectivity index is 5.03. The predicted octanol–water partition coefficient (Wildman–Crippen LogP) is 4.70. The zero-order valence-electron chi connectivity index (χ0n) is 11.1. The van der Waals surface area contributed by atoms with E-state index in [4.69, 9.17) is 4.43 Å². The van der Waals surface area contributed by atoms with E-state index < -0.39 is 13.9 Å². The molecule has 0 radical (unpaired) electrons. The molecule has 0 atom stereocenters. The van der Waals surface area contributed by atoms with Gasteiger partial charge in [0.05, 0.1) is 5.60 Å². The molecule has 0 saturated carbocycles. The zero-order chi connectivity index (χ0) is 12.7. The molecule has 0 unspecified atom stereocenters. The van der Waals surface area contributed by atoms with E-state index in [-0.39, 0.29) is 0 Å². The van der Waals surface area contributed by atoms with Crippen LogP contribution in [0.3, 0.4) is 0 Å². The van der Waals surface area contributed by atoms with Gasteiger partial charge in [-0.25, -0.2) is 0 Å². The molecule has 1 nitrogen and oxygen atoms in total. The van der Waals surface area contributed by atoms with Gasteiger partial charge >= 0.3 is 0 Å². The topological polar surface area (TPSA) is 9.23 Å². The van der Waals surface area contributed by atoms with Crippen LogP contribution in [-0.2, 0) is 4.43 Å². The van der Waals surface area contributed by atoms with Gasteiger partial charge in [0.2, 0.25) is 0 Å². The summed E-state index contributed by atoms with van der Waals surface area (Å²) in [5, 5.41) is 0. The lowest BCUT2D eigenvalue weighted by atomic mass is 10.0. The largest absolute Gasteiger partial charge is 0.404 e. The van der Waals surface area contributed by atoms with Gasteiger partial charge in [-0.2, -0.15) is 0 Å². The maximum Gasteiger partial charge on any atom is 0.193 e. The van der Waals surface area contributed by atoms with Crippen LogP contribution >= 0.6 is 0 Å². The maximum atomic E-state index is 6.44. The first-order valence-electron chi connectivity index (χ1n) is 6.15. The summed E-state index contributed by atoms with van der Waals surface area (Å²) in [4.78, 5) is 0. The normalized spacial score (nSPS) is 12.2. The van der Waals surface area contributed by atoms with Crippen LogP contribution in [-0.4, -0.2) is 13.9 Å². The van der Waals surface area contributed by atoms with Crippen LogP contribution in [0, 0.1) is 0 Å². The Labute approximate surface area is 102 Å². The summed E-state index contributed by atoms with van der Waals surface area (Å²) < 4.78 is 6.44. The van der Waals surface area contributed by atoms with Crippen LogP contribution in [0.2, 0.25) is 18.1 Å². The van der Waals surface area contributed by atoms with Crippen molar-refractivity contribution in [2.75, 3.05) is 0 Å². The molecular formula is C14H26OSi. The van der Waals surface area contributed by atoms with E-state index in [9.17, 15) is 0 Å². The van der Waals surface area contributed by atoms with Gasteiger partial charge < -0.3 is 4.43 Å². The van der Waals surface area contributed by atoms with Crippen molar-refractivity contribution in [2.45, 2.75) is 50.9 Å². The summed E-state index contributed by atoms with van der Waals surface area (Å²) in [6.45, 7) is 18.2. The first kappa shape index (κ1) is 15.4. The first-order chi connectivity index (χ1) is 7.57. The van der Waals surface area contributed by atoms with Gasteiger partial charge in [0.1, 0.15) is 0 Å². The third kappa shape index (κ3) is 3.46. The van der Waals surface area contributed by atoms with Crippen LogP contribution in [0.5, 0.6) is 0 Å². The molecule has 16 heavy (non-hydrogen) atoms. The summed E-state index contributed by atoms with van der Waals surface area (Å²) in [5.41, 5.74) is -0.407. The van der Waals surface area contributed by atoms with Crippen molar-refractivity contribution in [1.29, 1.82) is 0 Å². The minimum absolute atomic E-state index is 0.407. The molecule has 0 aromatic heterocycles. The zero-order valence-corrected chi connectivity index (χ0v) is 12.1. The highest BCUT2D eigenvalue weighted by molar-refractivity contribution is 6.73. The highest BCUT2D eigenvalue weighted by atomic mass is 28.4. The van der Waals surface area contributed by atoms with Gasteiger partial charge in [0.25, 0.3) is 0 Å². The summed E-state index contributed by atoms with van der Waals surface area (Å²) in [6.07, 6.45) is 6.37. The SMILES string of the molecule is C=CCC(C=C)(C=C)O[Si](CC)(CC)CC. The van der Waals surface area contributed by atoms with Gasteiger partial charge in [0.15, 0.2) is 8.32 Å². The van der Waals surface area contributed by atoms with Gasteiger partial charge in [-0.05, 0) is 18.1 Å². The molecule has 0 aliphatic heterocycles. The monoisotopic (exact) mass is 238 g/mol. The molecule has 0 saturated heterocycles. The molecule has 0 heterocycles. The van der Waals surface area contributed by atoms with Crippen molar-refractivity contribution in [3.63, 3.8) is 0 Å². The minimum Gasteiger partial charge on any atom is -0.404 e. The van der Waals surface area contributed by atoms with E-state index in [1.54, 1.807) is 0 Å². The Hall–Kier alpha value is -0.603. The standard InChI is InChI=1S/C14H26OSi/c1-7-13-14(8-2,9-3)15-16(10-4,11-5)12-6/h7-9H,1-3,10-13H2,4-6H3. The average molecular weight is 238 g/mol. The van der Waals surface area contributed by atoms with Gasteiger partial charge in [-0.1, -0.05) is 52.2 Å². The second-order valence-corrected chi connectivity index (χ2v) is 8.89. The Morgan fingerprint density at radius 2 is 1.44 bits per heavy atom. The molecule has 0 aromatic carbocycles. The van der Waals surface area contributed by atoms with Crippen LogP contribution in [0.15, 0.2) is 38.0 Å². The number of hydrogen-bond donors (Lipinski definition) is 0. The molecule has 92 valence electrons. The van der Waals surface area contributed by atoms with Crippen LogP contribution in [0.25, 0.3) is 0 Å². The Bertz CT molecular complexity index is 225. The fourth-order valence-electron chi connectivity index (χ4n) is 1.97.